The van der Waals surface area contributed by atoms with Crippen LogP contribution in [0.25, 0.3) is 0 Å². The number of carbonyl (C=O) groups excluding carboxylic acids is 3. The van der Waals surface area contributed by atoms with Gasteiger partial charge in [0.25, 0.3) is 0 Å². The Hall–Kier alpha value is -2.94. The van der Waals surface area contributed by atoms with E-state index in [0.29, 0.717) is 6.42 Å². The second-order valence-electron chi connectivity index (χ2n) is 6.94. The molecule has 2 rings (SSSR count). The molecule has 0 radical (unpaired) electrons. The molecule has 0 aliphatic carbocycles. The molecule has 0 bridgehead atoms. The average Bonchev–Trinajstić information content (AvgIpc) is 3.00. The number of carboxylic acid groups (broad SMARTS) is 1. The molecule has 3 amide bonds. The minimum atomic E-state index is -1.09. The lowest BCUT2D eigenvalue weighted by atomic mass is 10.0. The number of nitrogens with zero attached hydrogens (tertiary/aromatic N) is 2. The number of imide groups is 1. The van der Waals surface area contributed by atoms with Crippen molar-refractivity contribution >= 4 is 23.9 Å². The van der Waals surface area contributed by atoms with Crippen molar-refractivity contribution in [3.63, 3.8) is 0 Å². The minimum absolute atomic E-state index is 0.0342. The molecule has 158 valence electrons. The topological polar surface area (TPSA) is 116 Å². The van der Waals surface area contributed by atoms with Gasteiger partial charge in [0.05, 0.1) is 19.2 Å². The molecule has 1 aliphatic heterocycles. The second kappa shape index (κ2) is 10.0. The first-order chi connectivity index (χ1) is 13.8. The van der Waals surface area contributed by atoms with Crippen molar-refractivity contribution < 1.29 is 29.0 Å². The largest absolute Gasteiger partial charge is 0.480 e. The highest BCUT2D eigenvalue weighted by Gasteiger charge is 2.46. The van der Waals surface area contributed by atoms with Crippen molar-refractivity contribution in [1.29, 1.82) is 0 Å². The third-order valence-electron chi connectivity index (χ3n) is 4.77. The number of amides is 3. The van der Waals surface area contributed by atoms with Crippen molar-refractivity contribution in [3.05, 3.63) is 35.9 Å². The molecule has 0 unspecified atom stereocenters. The van der Waals surface area contributed by atoms with Gasteiger partial charge in [0.1, 0.15) is 6.04 Å². The normalized spacial score (nSPS) is 18.4. The molecule has 1 saturated heterocycles. The summed E-state index contributed by atoms with van der Waals surface area (Å²) in [7, 11) is 1.49. The predicted octanol–water partition coefficient (Wildman–Crippen LogP) is 0.876. The number of carbonyl (C=O) groups is 4. The third kappa shape index (κ3) is 5.54. The molecule has 1 heterocycles. The van der Waals surface area contributed by atoms with Gasteiger partial charge in [-0.05, 0) is 32.3 Å². The van der Waals surface area contributed by atoms with Gasteiger partial charge >= 0.3 is 18.0 Å². The summed E-state index contributed by atoms with van der Waals surface area (Å²) in [6.07, 6.45) is 0.786. The van der Waals surface area contributed by atoms with E-state index < -0.39 is 42.0 Å². The van der Waals surface area contributed by atoms with Crippen molar-refractivity contribution in [2.75, 3.05) is 20.2 Å². The summed E-state index contributed by atoms with van der Waals surface area (Å²) in [4.78, 5) is 51.2. The Morgan fingerprint density at radius 1 is 1.31 bits per heavy atom. The van der Waals surface area contributed by atoms with Crippen LogP contribution < -0.4 is 5.32 Å². The maximum Gasteiger partial charge on any atom is 0.331 e. The summed E-state index contributed by atoms with van der Waals surface area (Å²) in [6.45, 7) is 3.28. The van der Waals surface area contributed by atoms with Crippen LogP contribution in [-0.2, 0) is 25.5 Å². The number of hydrogen-bond donors (Lipinski definition) is 2. The first-order valence-electron chi connectivity index (χ1n) is 9.53. The van der Waals surface area contributed by atoms with Gasteiger partial charge in [-0.15, -0.1) is 0 Å². The zero-order valence-electron chi connectivity index (χ0n) is 16.8. The van der Waals surface area contributed by atoms with Gasteiger partial charge < -0.3 is 14.7 Å². The standard InChI is InChI=1S/C20H27N3O6/c1-4-29-19(27)16-12-22(3)20(28)23(16)17(24)13(2)21-15(18(25)26)11-10-14-8-6-5-7-9-14/h5-9,13,15-16,21H,4,10-12H2,1-3H3,(H,25,26)/t13-,15-,16-/m0/s1/i3+2. The number of hydrogen-bond acceptors (Lipinski definition) is 6. The van der Waals surface area contributed by atoms with Crippen molar-refractivity contribution in [1.82, 2.24) is 15.1 Å². The van der Waals surface area contributed by atoms with Crippen molar-refractivity contribution in [3.8, 4) is 0 Å². The summed E-state index contributed by atoms with van der Waals surface area (Å²) in [5.41, 5.74) is 0.984. The number of rotatable bonds is 9. The summed E-state index contributed by atoms with van der Waals surface area (Å²) in [5.74, 6) is -2.42. The Morgan fingerprint density at radius 2 is 1.97 bits per heavy atom. The van der Waals surface area contributed by atoms with Crippen LogP contribution in [0.4, 0.5) is 4.79 Å². The number of nitrogens with one attached hydrogen (secondary N) is 1. The van der Waals surface area contributed by atoms with E-state index in [2.05, 4.69) is 5.32 Å². The molecule has 1 fully saturated rings. The lowest BCUT2D eigenvalue weighted by molar-refractivity contribution is -0.151. The lowest BCUT2D eigenvalue weighted by Gasteiger charge is -2.25. The highest BCUT2D eigenvalue weighted by atomic mass is 16.5. The summed E-state index contributed by atoms with van der Waals surface area (Å²) in [5, 5.41) is 12.3. The molecule has 2 N–H and O–H groups in total. The fourth-order valence-electron chi connectivity index (χ4n) is 3.22. The monoisotopic (exact) mass is 407 g/mol. The molecule has 0 spiro atoms. The molecule has 1 aromatic carbocycles. The SMILES string of the molecule is CCOC(=O)[C@@H]1CN([14CH3])C(=O)N1C(=O)[C@H](C)N[C@@H](CCc1ccccc1)C(=O)O. The zero-order chi connectivity index (χ0) is 21.6. The van der Waals surface area contributed by atoms with Gasteiger partial charge in [-0.1, -0.05) is 30.3 Å². The molecule has 1 aromatic rings. The molecule has 9 nitrogen and oxygen atoms in total. The van der Waals surface area contributed by atoms with Gasteiger partial charge in [-0.2, -0.15) is 0 Å². The number of benzene rings is 1. The van der Waals surface area contributed by atoms with E-state index in [1.807, 2.05) is 30.3 Å². The molecule has 0 saturated carbocycles. The number of esters is 1. The molecular weight excluding hydrogens is 380 g/mol. The number of likely N-dealkylation sites (N-methyl/N-ethyl adjacent to an activating group) is 1. The fraction of sp³-hybridized carbons (Fsp3) is 0.500. The van der Waals surface area contributed by atoms with Crippen LogP contribution in [0.1, 0.15) is 25.8 Å². The van der Waals surface area contributed by atoms with Crippen LogP contribution in [0.3, 0.4) is 0 Å². The Bertz CT molecular complexity index is 754. The molecular formula is C20H27N3O6. The quantitative estimate of drug-likeness (QED) is 0.584. The van der Waals surface area contributed by atoms with Crippen LogP contribution in [0.2, 0.25) is 0 Å². The van der Waals surface area contributed by atoms with E-state index in [-0.39, 0.29) is 19.6 Å². The van der Waals surface area contributed by atoms with Crippen LogP contribution in [0.5, 0.6) is 0 Å². The Labute approximate surface area is 169 Å². The molecule has 1 aliphatic rings. The average molecular weight is 407 g/mol. The Morgan fingerprint density at radius 3 is 2.55 bits per heavy atom. The van der Waals surface area contributed by atoms with Crippen LogP contribution in [0, 0.1) is 0 Å². The van der Waals surface area contributed by atoms with E-state index >= 15 is 0 Å². The first-order valence-corrected chi connectivity index (χ1v) is 9.53. The summed E-state index contributed by atoms with van der Waals surface area (Å²) >= 11 is 0. The van der Waals surface area contributed by atoms with Crippen molar-refractivity contribution in [2.45, 2.75) is 44.8 Å². The van der Waals surface area contributed by atoms with Gasteiger partial charge in [0, 0.05) is 7.05 Å². The lowest BCUT2D eigenvalue weighted by Crippen LogP contribution is -2.54. The van der Waals surface area contributed by atoms with E-state index in [1.165, 1.54) is 18.9 Å². The van der Waals surface area contributed by atoms with Crippen LogP contribution >= 0.6 is 0 Å². The predicted molar refractivity (Wildman–Crippen MR) is 104 cm³/mol. The molecule has 3 atom stereocenters. The second-order valence-corrected chi connectivity index (χ2v) is 6.94. The molecule has 29 heavy (non-hydrogen) atoms. The highest BCUT2D eigenvalue weighted by molar-refractivity contribution is 6.03. The van der Waals surface area contributed by atoms with E-state index in [9.17, 15) is 24.3 Å². The Balaban J connectivity index is 2.06. The van der Waals surface area contributed by atoms with Gasteiger partial charge in [-0.25, -0.2) is 14.5 Å². The maximum atomic E-state index is 12.9. The number of aliphatic carboxylic acids is 1. The van der Waals surface area contributed by atoms with Gasteiger partial charge in [-0.3, -0.25) is 14.9 Å². The summed E-state index contributed by atoms with van der Waals surface area (Å²) < 4.78 is 4.96. The minimum Gasteiger partial charge on any atom is -0.480 e. The van der Waals surface area contributed by atoms with Gasteiger partial charge in [0.15, 0.2) is 6.04 Å². The summed E-state index contributed by atoms with van der Waals surface area (Å²) in [6, 6.07) is 5.80. The van der Waals surface area contributed by atoms with Crippen LogP contribution in [0.15, 0.2) is 30.3 Å². The molecule has 9 heteroatoms. The van der Waals surface area contributed by atoms with E-state index in [4.69, 9.17) is 4.74 Å². The Kier molecular flexibility index (Phi) is 7.72. The van der Waals surface area contributed by atoms with E-state index in [0.717, 1.165) is 10.5 Å². The smallest absolute Gasteiger partial charge is 0.331 e. The third-order valence-corrected chi connectivity index (χ3v) is 4.77. The maximum absolute atomic E-state index is 12.9. The first kappa shape index (κ1) is 22.4. The van der Waals surface area contributed by atoms with Gasteiger partial charge in [0.2, 0.25) is 5.91 Å². The zero-order valence-corrected chi connectivity index (χ0v) is 16.8. The number of carboxylic acids is 1. The molecule has 0 aromatic heterocycles. The number of ether oxygens (including phenoxy) is 1. The van der Waals surface area contributed by atoms with E-state index in [1.54, 1.807) is 6.92 Å². The fourth-order valence-corrected chi connectivity index (χ4v) is 3.22. The van der Waals surface area contributed by atoms with Crippen LogP contribution in [-0.4, -0.2) is 77.1 Å². The highest BCUT2D eigenvalue weighted by Crippen LogP contribution is 2.18. The van der Waals surface area contributed by atoms with Crippen molar-refractivity contribution in [2.24, 2.45) is 0 Å². The number of aryl methyl sites for hydroxylation is 1. The number of urea groups is 1.